The predicted octanol–water partition coefficient (Wildman–Crippen LogP) is 2.93. The van der Waals surface area contributed by atoms with E-state index in [9.17, 15) is 9.59 Å². The summed E-state index contributed by atoms with van der Waals surface area (Å²) in [5.41, 5.74) is 6.59. The van der Waals surface area contributed by atoms with E-state index in [1.54, 1.807) is 31.4 Å². The fraction of sp³-hybridized carbons (Fsp3) is 0.125. The third-order valence-corrected chi connectivity index (χ3v) is 4.71. The molecule has 164 valence electrons. The summed E-state index contributed by atoms with van der Waals surface area (Å²) < 4.78 is 10.5. The van der Waals surface area contributed by atoms with Crippen LogP contribution in [0.2, 0.25) is 0 Å². The highest BCUT2D eigenvalue weighted by molar-refractivity contribution is 7.80. The number of hydrazine groups is 1. The number of methoxy groups -OCH3 is 1. The molecule has 0 saturated heterocycles. The van der Waals surface area contributed by atoms with Gasteiger partial charge >= 0.3 is 0 Å². The van der Waals surface area contributed by atoms with E-state index in [4.69, 9.17) is 21.7 Å². The van der Waals surface area contributed by atoms with Crippen molar-refractivity contribution in [2.24, 2.45) is 0 Å². The second-order valence-electron chi connectivity index (χ2n) is 6.71. The van der Waals surface area contributed by atoms with Crippen LogP contribution in [0, 0.1) is 0 Å². The average Bonchev–Trinajstić information content (AvgIpc) is 2.83. The zero-order valence-electron chi connectivity index (χ0n) is 17.4. The van der Waals surface area contributed by atoms with Gasteiger partial charge in [-0.15, -0.1) is 0 Å². The number of nitrogens with one attached hydrogen (secondary N) is 3. The zero-order chi connectivity index (χ0) is 22.8. The molecule has 0 aliphatic heterocycles. The highest BCUT2D eigenvalue weighted by Gasteiger charge is 2.23. The van der Waals surface area contributed by atoms with Crippen molar-refractivity contribution in [1.82, 2.24) is 16.2 Å². The molecule has 0 aliphatic carbocycles. The lowest BCUT2D eigenvalue weighted by molar-refractivity contribution is -0.124. The third kappa shape index (κ3) is 6.55. The Morgan fingerprint density at radius 2 is 1.34 bits per heavy atom. The minimum Gasteiger partial charge on any atom is -0.497 e. The SMILES string of the molecule is COc1ccc(OCC(=O)NNC(=S)NC(=O)C(c2ccccc2)c2ccccc2)cc1. The first-order chi connectivity index (χ1) is 15.6. The summed E-state index contributed by atoms with van der Waals surface area (Å²) in [5, 5.41) is 2.61. The van der Waals surface area contributed by atoms with Gasteiger partial charge in [0.2, 0.25) is 5.91 Å². The van der Waals surface area contributed by atoms with Gasteiger partial charge in [0.25, 0.3) is 5.91 Å². The van der Waals surface area contributed by atoms with Crippen LogP contribution in [0.3, 0.4) is 0 Å². The molecule has 0 aliphatic rings. The zero-order valence-corrected chi connectivity index (χ0v) is 18.2. The number of amides is 2. The third-order valence-electron chi connectivity index (χ3n) is 4.51. The molecule has 3 aromatic carbocycles. The molecule has 7 nitrogen and oxygen atoms in total. The Bertz CT molecular complexity index is 1000. The van der Waals surface area contributed by atoms with Crippen molar-refractivity contribution >= 4 is 29.1 Å². The quantitative estimate of drug-likeness (QED) is 0.380. The Morgan fingerprint density at radius 3 is 1.88 bits per heavy atom. The Labute approximate surface area is 191 Å². The van der Waals surface area contributed by atoms with Gasteiger partial charge in [-0.2, -0.15) is 0 Å². The van der Waals surface area contributed by atoms with Crippen LogP contribution in [0.25, 0.3) is 0 Å². The number of ether oxygens (including phenoxy) is 2. The van der Waals surface area contributed by atoms with Crippen molar-refractivity contribution in [3.05, 3.63) is 96.1 Å². The number of hydrogen-bond acceptors (Lipinski definition) is 5. The lowest BCUT2D eigenvalue weighted by Gasteiger charge is -2.19. The van der Waals surface area contributed by atoms with E-state index in [1.807, 2.05) is 60.7 Å². The molecule has 0 atom stereocenters. The number of benzene rings is 3. The molecule has 3 rings (SSSR count). The summed E-state index contributed by atoms with van der Waals surface area (Å²) in [4.78, 5) is 25.0. The van der Waals surface area contributed by atoms with E-state index < -0.39 is 11.8 Å². The molecule has 0 heterocycles. The topological polar surface area (TPSA) is 88.7 Å². The minimum absolute atomic E-state index is 0.0235. The van der Waals surface area contributed by atoms with Gasteiger partial charge in [-0.25, -0.2) is 0 Å². The highest BCUT2D eigenvalue weighted by Crippen LogP contribution is 2.24. The van der Waals surface area contributed by atoms with Gasteiger partial charge in [-0.3, -0.25) is 20.4 Å². The van der Waals surface area contributed by atoms with E-state index in [-0.39, 0.29) is 17.6 Å². The van der Waals surface area contributed by atoms with Crippen LogP contribution < -0.4 is 25.6 Å². The number of carbonyl (C=O) groups excluding carboxylic acids is 2. The van der Waals surface area contributed by atoms with Crippen LogP contribution >= 0.6 is 12.2 Å². The van der Waals surface area contributed by atoms with Gasteiger partial charge in [0.05, 0.1) is 13.0 Å². The highest BCUT2D eigenvalue weighted by atomic mass is 32.1. The molecule has 32 heavy (non-hydrogen) atoms. The van der Waals surface area contributed by atoms with Gasteiger partial charge in [0, 0.05) is 0 Å². The lowest BCUT2D eigenvalue weighted by Crippen LogP contribution is -2.50. The van der Waals surface area contributed by atoms with E-state index in [0.29, 0.717) is 11.5 Å². The maximum Gasteiger partial charge on any atom is 0.276 e. The summed E-state index contributed by atoms with van der Waals surface area (Å²) in [6.45, 7) is -0.230. The van der Waals surface area contributed by atoms with Gasteiger partial charge in [0.15, 0.2) is 11.7 Å². The van der Waals surface area contributed by atoms with E-state index in [0.717, 1.165) is 11.1 Å². The van der Waals surface area contributed by atoms with Crippen LogP contribution in [0.1, 0.15) is 17.0 Å². The summed E-state index contributed by atoms with van der Waals surface area (Å²) in [6, 6.07) is 25.6. The molecule has 0 fully saturated rings. The van der Waals surface area contributed by atoms with Crippen molar-refractivity contribution in [2.75, 3.05) is 13.7 Å². The molecule has 0 radical (unpaired) electrons. The van der Waals surface area contributed by atoms with Crippen LogP contribution in [0.4, 0.5) is 0 Å². The molecule has 0 saturated carbocycles. The van der Waals surface area contributed by atoms with Crippen molar-refractivity contribution < 1.29 is 19.1 Å². The van der Waals surface area contributed by atoms with E-state index >= 15 is 0 Å². The predicted molar refractivity (Wildman–Crippen MR) is 125 cm³/mol. The molecular formula is C24H23N3O4S. The monoisotopic (exact) mass is 449 g/mol. The number of thiocarbonyl (C=S) groups is 1. The Kier molecular flexibility index (Phi) is 8.16. The standard InChI is InChI=1S/C24H23N3O4S/c1-30-19-12-14-20(15-13-19)31-16-21(28)26-27-24(32)25-23(29)22(17-8-4-2-5-9-17)18-10-6-3-7-11-18/h2-15,22H,16H2,1H3,(H,26,28)(H2,25,27,29,32). The summed E-state index contributed by atoms with van der Waals surface area (Å²) in [5.74, 6) is -0.116. The van der Waals surface area contributed by atoms with Gasteiger partial charge < -0.3 is 14.8 Å². The molecule has 0 aromatic heterocycles. The fourth-order valence-corrected chi connectivity index (χ4v) is 3.14. The van der Waals surface area contributed by atoms with E-state index in [1.165, 1.54) is 0 Å². The maximum absolute atomic E-state index is 13.0. The first kappa shape index (κ1) is 22.8. The number of carbonyl (C=O) groups is 2. The van der Waals surface area contributed by atoms with E-state index in [2.05, 4.69) is 16.2 Å². The van der Waals surface area contributed by atoms with Crippen molar-refractivity contribution in [2.45, 2.75) is 5.92 Å². The summed E-state index contributed by atoms with van der Waals surface area (Å²) in [6.07, 6.45) is 0. The molecule has 0 unspecified atom stereocenters. The van der Waals surface area contributed by atoms with Crippen molar-refractivity contribution in [1.29, 1.82) is 0 Å². The van der Waals surface area contributed by atoms with Gasteiger partial charge in [-0.1, -0.05) is 60.7 Å². The maximum atomic E-state index is 13.0. The van der Waals surface area contributed by atoms with Gasteiger partial charge in [-0.05, 0) is 47.6 Å². The second kappa shape index (κ2) is 11.5. The molecule has 8 heteroatoms. The molecule has 0 spiro atoms. The first-order valence-electron chi connectivity index (χ1n) is 9.83. The fourth-order valence-electron chi connectivity index (χ4n) is 2.98. The Morgan fingerprint density at radius 1 is 0.812 bits per heavy atom. The molecule has 2 amide bonds. The van der Waals surface area contributed by atoms with Crippen LogP contribution in [0.15, 0.2) is 84.9 Å². The normalized spacial score (nSPS) is 10.2. The molecule has 3 N–H and O–H groups in total. The lowest BCUT2D eigenvalue weighted by atomic mass is 9.90. The Balaban J connectivity index is 1.52. The first-order valence-corrected chi connectivity index (χ1v) is 10.2. The van der Waals surface area contributed by atoms with Crippen LogP contribution in [-0.4, -0.2) is 30.6 Å². The van der Waals surface area contributed by atoms with Crippen molar-refractivity contribution in [3.63, 3.8) is 0 Å². The smallest absolute Gasteiger partial charge is 0.276 e. The minimum atomic E-state index is -0.550. The van der Waals surface area contributed by atoms with Crippen molar-refractivity contribution in [3.8, 4) is 11.5 Å². The molecule has 0 bridgehead atoms. The van der Waals surface area contributed by atoms with Crippen LogP contribution in [-0.2, 0) is 9.59 Å². The number of rotatable bonds is 7. The largest absolute Gasteiger partial charge is 0.497 e. The number of hydrogen-bond donors (Lipinski definition) is 3. The van der Waals surface area contributed by atoms with Crippen LogP contribution in [0.5, 0.6) is 11.5 Å². The average molecular weight is 450 g/mol. The molecular weight excluding hydrogens is 426 g/mol. The summed E-state index contributed by atoms with van der Waals surface area (Å²) >= 11 is 5.16. The Hall–Kier alpha value is -3.91. The molecule has 3 aromatic rings. The second-order valence-corrected chi connectivity index (χ2v) is 7.12. The summed E-state index contributed by atoms with van der Waals surface area (Å²) in [7, 11) is 1.57. The van der Waals surface area contributed by atoms with Gasteiger partial charge in [0.1, 0.15) is 11.5 Å².